The molecule has 0 spiro atoms. The molecule has 3 heterocycles. The first-order valence-corrected chi connectivity index (χ1v) is 19.4. The Bertz CT molecular complexity index is 1360. The molecular weight excluding hydrogens is 677 g/mol. The van der Waals surface area contributed by atoms with Crippen LogP contribution in [0.3, 0.4) is 0 Å². The maximum atomic E-state index is 11.7. The number of primary amides is 1. The number of amides is 3. The Morgan fingerprint density at radius 3 is 2.13 bits per heavy atom. The molecule has 1 aromatic carbocycles. The van der Waals surface area contributed by atoms with E-state index in [0.29, 0.717) is 19.4 Å². The molecule has 12 nitrogen and oxygen atoms in total. The fourth-order valence-electron chi connectivity index (χ4n) is 5.62. The highest BCUT2D eigenvalue weighted by Crippen LogP contribution is 2.27. The van der Waals surface area contributed by atoms with E-state index in [0.717, 1.165) is 83.9 Å². The molecule has 1 atom stereocenters. The number of carbonyl (C=O) groups excluding carboxylic acids is 3. The summed E-state index contributed by atoms with van der Waals surface area (Å²) in [5, 5.41) is 5.87. The molecule has 292 valence electrons. The van der Waals surface area contributed by atoms with Gasteiger partial charge in [-0.25, -0.2) is 9.78 Å². The summed E-state index contributed by atoms with van der Waals surface area (Å²) in [5.41, 5.74) is 16.0. The average Bonchev–Trinajstić information content (AvgIpc) is 3.70. The van der Waals surface area contributed by atoms with Gasteiger partial charge >= 0.3 is 6.09 Å². The lowest BCUT2D eigenvalue weighted by atomic mass is 9.92. The summed E-state index contributed by atoms with van der Waals surface area (Å²) in [6, 6.07) is 8.74. The molecule has 2 fully saturated rings. The highest BCUT2D eigenvalue weighted by atomic mass is 32.1. The summed E-state index contributed by atoms with van der Waals surface area (Å²) < 4.78 is 5.21. The van der Waals surface area contributed by atoms with Crippen molar-refractivity contribution < 1.29 is 19.1 Å². The fourth-order valence-corrected chi connectivity index (χ4v) is 6.44. The second-order valence-electron chi connectivity index (χ2n) is 15.7. The minimum absolute atomic E-state index is 0.0871. The smallest absolute Gasteiger partial charge is 0.407 e. The van der Waals surface area contributed by atoms with Gasteiger partial charge in [-0.1, -0.05) is 51.6 Å². The zero-order valence-electron chi connectivity index (χ0n) is 32.8. The van der Waals surface area contributed by atoms with Gasteiger partial charge in [0.25, 0.3) is 0 Å². The van der Waals surface area contributed by atoms with Gasteiger partial charge in [0.2, 0.25) is 11.8 Å². The number of hydrogen-bond donors (Lipinski definition) is 4. The fraction of sp³-hybridized carbons (Fsp3) is 0.641. The van der Waals surface area contributed by atoms with Gasteiger partial charge in [-0.3, -0.25) is 14.5 Å². The highest BCUT2D eigenvalue weighted by Gasteiger charge is 2.26. The van der Waals surface area contributed by atoms with Crippen LogP contribution < -0.4 is 22.1 Å². The second-order valence-corrected chi connectivity index (χ2v) is 16.6. The molecule has 0 bridgehead atoms. The Hall–Kier alpha value is -3.52. The van der Waals surface area contributed by atoms with Crippen LogP contribution in [0.15, 0.2) is 42.6 Å². The van der Waals surface area contributed by atoms with Crippen LogP contribution in [0.5, 0.6) is 0 Å². The lowest BCUT2D eigenvalue weighted by molar-refractivity contribution is -0.132. The van der Waals surface area contributed by atoms with Crippen molar-refractivity contribution in [2.45, 2.75) is 98.8 Å². The summed E-state index contributed by atoms with van der Waals surface area (Å²) in [7, 11) is 0. The molecule has 3 amide bonds. The van der Waals surface area contributed by atoms with Crippen molar-refractivity contribution >= 4 is 29.2 Å². The monoisotopic (exact) mass is 742 g/mol. The Morgan fingerprint density at radius 2 is 1.63 bits per heavy atom. The zero-order chi connectivity index (χ0) is 38.7. The zero-order valence-corrected chi connectivity index (χ0v) is 33.7. The first-order valence-electron chi connectivity index (χ1n) is 18.5. The van der Waals surface area contributed by atoms with E-state index in [1.54, 1.807) is 17.5 Å². The van der Waals surface area contributed by atoms with E-state index in [2.05, 4.69) is 77.0 Å². The number of carbonyl (C=O) groups is 3. The van der Waals surface area contributed by atoms with Crippen LogP contribution in [0.25, 0.3) is 10.4 Å². The van der Waals surface area contributed by atoms with Crippen molar-refractivity contribution in [3.8, 4) is 10.4 Å². The van der Waals surface area contributed by atoms with Crippen molar-refractivity contribution in [1.82, 2.24) is 30.3 Å². The lowest BCUT2D eigenvalue weighted by Crippen LogP contribution is -2.48. The average molecular weight is 743 g/mol. The number of hydrogen-bond acceptors (Lipinski definition) is 10. The lowest BCUT2D eigenvalue weighted by Gasteiger charge is -2.34. The number of thiazole rings is 1. The quantitative estimate of drug-likeness (QED) is 0.205. The number of nitrogens with one attached hydrogen (secondary N) is 2. The molecule has 2 aliphatic rings. The van der Waals surface area contributed by atoms with Gasteiger partial charge < -0.3 is 36.6 Å². The van der Waals surface area contributed by atoms with Crippen molar-refractivity contribution in [2.75, 3.05) is 58.9 Å². The first-order chi connectivity index (χ1) is 24.5. The molecule has 1 unspecified atom stereocenters. The predicted octanol–water partition coefficient (Wildman–Crippen LogP) is 5.12. The van der Waals surface area contributed by atoms with Crippen LogP contribution >= 0.6 is 11.3 Å². The third-order valence-corrected chi connectivity index (χ3v) is 9.36. The van der Waals surface area contributed by atoms with Crippen molar-refractivity contribution in [3.05, 3.63) is 53.8 Å². The largest absolute Gasteiger partial charge is 0.444 e. The highest BCUT2D eigenvalue weighted by molar-refractivity contribution is 7.13. The van der Waals surface area contributed by atoms with Gasteiger partial charge in [0.1, 0.15) is 5.60 Å². The number of benzene rings is 1. The van der Waals surface area contributed by atoms with Crippen molar-refractivity contribution in [2.24, 2.45) is 16.9 Å². The molecule has 13 heteroatoms. The van der Waals surface area contributed by atoms with E-state index in [9.17, 15) is 14.4 Å². The Kier molecular flexibility index (Phi) is 19.3. The summed E-state index contributed by atoms with van der Waals surface area (Å²) in [4.78, 5) is 46.1. The van der Waals surface area contributed by atoms with E-state index in [4.69, 9.17) is 16.2 Å². The van der Waals surface area contributed by atoms with E-state index < -0.39 is 5.60 Å². The third-order valence-electron chi connectivity index (χ3n) is 8.38. The Labute approximate surface area is 316 Å². The van der Waals surface area contributed by atoms with Crippen LogP contribution in [0.1, 0.15) is 84.9 Å². The van der Waals surface area contributed by atoms with Crippen LogP contribution in [-0.2, 0) is 20.9 Å². The number of nitrogens with two attached hydrogens (primary N) is 2. The molecular formula is C39H66N8O4S. The van der Waals surface area contributed by atoms with E-state index in [-0.39, 0.29) is 29.4 Å². The maximum absolute atomic E-state index is 11.7. The number of rotatable bonds is 13. The minimum Gasteiger partial charge on any atom is -0.444 e. The Morgan fingerprint density at radius 1 is 1.00 bits per heavy atom. The molecule has 2 aromatic rings. The number of nitrogens with zero attached hydrogens (tertiary/aromatic N) is 4. The normalized spacial score (nSPS) is 16.5. The number of alkyl carbamates (subject to hydrolysis) is 1. The van der Waals surface area contributed by atoms with Gasteiger partial charge in [-0.05, 0) is 76.2 Å². The molecule has 4 rings (SSSR count). The molecule has 0 radical (unpaired) electrons. The number of aryl methyl sites for hydroxylation is 1. The van der Waals surface area contributed by atoms with E-state index >= 15 is 0 Å². The van der Waals surface area contributed by atoms with Crippen molar-refractivity contribution in [1.29, 1.82) is 0 Å². The minimum atomic E-state index is -0.454. The molecule has 2 aliphatic heterocycles. The molecule has 1 aromatic heterocycles. The van der Waals surface area contributed by atoms with Gasteiger partial charge in [0, 0.05) is 77.8 Å². The number of unbranched alkanes of at least 4 members (excludes halogenated alkanes) is 1. The van der Waals surface area contributed by atoms with Crippen LogP contribution in [0.4, 0.5) is 4.79 Å². The SMILES string of the molecule is C=CNCc1ccc(-c2scnc2C)cc1.CC(C)(C)CC(=O)N1CCC(N)C1.CC(C)(C)OC(=O)NCCN1CCN(CCCCC(N)=O)CC1. The Balaban J connectivity index is 0.000000282. The second kappa shape index (κ2) is 22.5. The van der Waals surface area contributed by atoms with Crippen LogP contribution in [0, 0.1) is 12.3 Å². The number of aromatic nitrogens is 1. The van der Waals surface area contributed by atoms with E-state index in [1.807, 2.05) is 38.1 Å². The molecule has 52 heavy (non-hydrogen) atoms. The van der Waals surface area contributed by atoms with Crippen LogP contribution in [0.2, 0.25) is 0 Å². The maximum Gasteiger partial charge on any atom is 0.407 e. The van der Waals surface area contributed by atoms with E-state index in [1.165, 1.54) is 16.0 Å². The van der Waals surface area contributed by atoms with Gasteiger partial charge in [-0.15, -0.1) is 11.3 Å². The van der Waals surface area contributed by atoms with Gasteiger partial charge in [-0.2, -0.15) is 0 Å². The molecule has 2 saturated heterocycles. The summed E-state index contributed by atoms with van der Waals surface area (Å²) in [5.74, 6) is 0.0350. The third kappa shape index (κ3) is 19.4. The number of likely N-dealkylation sites (tertiary alicyclic amines) is 1. The first kappa shape index (κ1) is 44.6. The van der Waals surface area contributed by atoms with Gasteiger partial charge in [0.05, 0.1) is 16.1 Å². The van der Waals surface area contributed by atoms with Gasteiger partial charge in [0.15, 0.2) is 0 Å². The predicted molar refractivity (Wildman–Crippen MR) is 213 cm³/mol. The number of ether oxygens (including phenoxy) is 1. The summed E-state index contributed by atoms with van der Waals surface area (Å²) in [6.07, 6.45) is 5.30. The molecule has 0 saturated carbocycles. The standard InChI is InChI=1S/C16H32N4O3.C13H14N2S.C10H20N2O/c1-16(2,3)23-15(22)18-7-9-20-12-10-19(11-13-20)8-5-4-6-14(17)21;1-3-14-8-11-4-6-12(7-5-11)13-10(2)15-9-16-13;1-10(2,3)6-9(13)12-5-4-8(11)7-12/h4-13H2,1-3H3,(H2,17,21)(H,18,22);3-7,9,14H,1,8H2,2H3;8H,4-7,11H2,1-3H3. The van der Waals surface area contributed by atoms with Crippen molar-refractivity contribution in [3.63, 3.8) is 0 Å². The van der Waals surface area contributed by atoms with Crippen LogP contribution in [-0.4, -0.2) is 108 Å². The summed E-state index contributed by atoms with van der Waals surface area (Å²) >= 11 is 1.68. The summed E-state index contributed by atoms with van der Waals surface area (Å²) in [6.45, 7) is 26.4. The topological polar surface area (TPSA) is 159 Å². The molecule has 0 aliphatic carbocycles. The number of piperazine rings is 1. The molecule has 6 N–H and O–H groups in total.